The van der Waals surface area contributed by atoms with Gasteiger partial charge in [0.25, 0.3) is 0 Å². The fourth-order valence-corrected chi connectivity index (χ4v) is 7.65. The van der Waals surface area contributed by atoms with Gasteiger partial charge in [0.2, 0.25) is 12.7 Å². The number of ketones is 1. The number of Topliss-reactive ketones (excluding diaryl/α,β-unsaturated/α-hetero) is 1. The third kappa shape index (κ3) is 2.81. The van der Waals surface area contributed by atoms with E-state index in [1.54, 1.807) is 36.0 Å². The van der Waals surface area contributed by atoms with Crippen LogP contribution in [0.25, 0.3) is 0 Å². The van der Waals surface area contributed by atoms with E-state index in [2.05, 4.69) is 10.2 Å². The van der Waals surface area contributed by atoms with Crippen LogP contribution >= 0.6 is 11.8 Å². The third-order valence-corrected chi connectivity index (χ3v) is 8.74. The summed E-state index contributed by atoms with van der Waals surface area (Å²) >= 11 is 1.74. The predicted molar refractivity (Wildman–Crippen MR) is 129 cm³/mol. The highest BCUT2D eigenvalue weighted by molar-refractivity contribution is 7.99. The molecule has 176 valence electrons. The number of hydrogen-bond donors (Lipinski definition) is 1. The molecule has 6 nitrogen and oxygen atoms in total. The number of nitrogens with one attached hydrogen (secondary N) is 1. The molecule has 1 N–H and O–H groups in total. The van der Waals surface area contributed by atoms with Crippen LogP contribution in [-0.4, -0.2) is 41.1 Å². The molecular formula is C27H21FN2O4S. The minimum Gasteiger partial charge on any atom is -0.454 e. The Hall–Kier alpha value is -3.36. The van der Waals surface area contributed by atoms with Crippen LogP contribution in [0.15, 0.2) is 66.7 Å². The summed E-state index contributed by atoms with van der Waals surface area (Å²) in [4.78, 5) is 30.5. The molecule has 4 heterocycles. The van der Waals surface area contributed by atoms with Gasteiger partial charge in [0.05, 0.1) is 5.92 Å². The number of carbonyl (C=O) groups excluding carboxylic acids is 2. The van der Waals surface area contributed by atoms with E-state index in [9.17, 15) is 14.0 Å². The molecule has 0 aromatic heterocycles. The second-order valence-corrected chi connectivity index (χ2v) is 10.3. The van der Waals surface area contributed by atoms with Crippen molar-refractivity contribution in [2.75, 3.05) is 23.7 Å². The number of fused-ring (bicyclic) bond motifs is 5. The Kier molecular flexibility index (Phi) is 4.53. The van der Waals surface area contributed by atoms with Crippen molar-refractivity contribution in [3.63, 3.8) is 0 Å². The van der Waals surface area contributed by atoms with E-state index < -0.39 is 17.3 Å². The lowest BCUT2D eigenvalue weighted by Gasteiger charge is -2.36. The summed E-state index contributed by atoms with van der Waals surface area (Å²) < 4.78 is 25.6. The van der Waals surface area contributed by atoms with Crippen LogP contribution < -0.4 is 14.8 Å². The molecule has 3 aromatic rings. The molecular weight excluding hydrogens is 467 g/mol. The molecule has 0 unspecified atom stereocenters. The summed E-state index contributed by atoms with van der Waals surface area (Å²) in [7, 11) is 0. The lowest BCUT2D eigenvalue weighted by Crippen LogP contribution is -2.52. The zero-order chi connectivity index (χ0) is 23.7. The quantitative estimate of drug-likeness (QED) is 0.553. The van der Waals surface area contributed by atoms with E-state index >= 15 is 0 Å². The number of nitrogens with zero attached hydrogens (tertiary/aromatic N) is 1. The van der Waals surface area contributed by atoms with E-state index in [0.717, 1.165) is 11.3 Å². The molecule has 7 rings (SSSR count). The third-order valence-electron chi connectivity index (χ3n) is 7.71. The molecule has 3 aromatic carbocycles. The zero-order valence-electron chi connectivity index (χ0n) is 18.6. The number of amides is 1. The largest absolute Gasteiger partial charge is 0.454 e. The molecule has 4 aliphatic rings. The molecule has 35 heavy (non-hydrogen) atoms. The second-order valence-electron chi connectivity index (χ2n) is 9.29. The Morgan fingerprint density at radius 1 is 1.06 bits per heavy atom. The molecule has 4 aliphatic heterocycles. The molecule has 8 heteroatoms. The number of anilines is 1. The minimum absolute atomic E-state index is 0.0506. The minimum atomic E-state index is -1.31. The Labute approximate surface area is 205 Å². The van der Waals surface area contributed by atoms with Crippen molar-refractivity contribution in [2.45, 2.75) is 17.5 Å². The van der Waals surface area contributed by atoms with Crippen LogP contribution in [0.2, 0.25) is 0 Å². The first-order chi connectivity index (χ1) is 17.1. The van der Waals surface area contributed by atoms with E-state index in [-0.39, 0.29) is 30.4 Å². The lowest BCUT2D eigenvalue weighted by atomic mass is 9.69. The van der Waals surface area contributed by atoms with Gasteiger partial charge in [-0.3, -0.25) is 14.5 Å². The topological polar surface area (TPSA) is 67.9 Å². The number of ether oxygens (including phenoxy) is 2. The lowest BCUT2D eigenvalue weighted by molar-refractivity contribution is -0.127. The van der Waals surface area contributed by atoms with Crippen LogP contribution in [-0.2, 0) is 10.3 Å². The Morgan fingerprint density at radius 3 is 2.74 bits per heavy atom. The van der Waals surface area contributed by atoms with Gasteiger partial charge in [0, 0.05) is 40.4 Å². The van der Waals surface area contributed by atoms with Crippen molar-refractivity contribution in [1.29, 1.82) is 0 Å². The molecule has 2 fully saturated rings. The fourth-order valence-electron chi connectivity index (χ4n) is 6.33. The average Bonchev–Trinajstić information content (AvgIpc) is 3.63. The normalized spacial score (nSPS) is 28.3. The van der Waals surface area contributed by atoms with Gasteiger partial charge in [-0.1, -0.05) is 30.3 Å². The van der Waals surface area contributed by atoms with E-state index in [1.807, 2.05) is 30.3 Å². The molecule has 1 spiro atoms. The summed E-state index contributed by atoms with van der Waals surface area (Å²) in [6, 6.07) is 19.3. The highest BCUT2D eigenvalue weighted by atomic mass is 32.2. The van der Waals surface area contributed by atoms with Crippen LogP contribution in [0, 0.1) is 11.7 Å². The Balaban J connectivity index is 1.47. The maximum absolute atomic E-state index is 14.6. The van der Waals surface area contributed by atoms with Crippen molar-refractivity contribution < 1.29 is 23.5 Å². The summed E-state index contributed by atoms with van der Waals surface area (Å²) in [6.07, 6.45) is 0. The van der Waals surface area contributed by atoms with Gasteiger partial charge in [-0.2, -0.15) is 0 Å². The maximum Gasteiger partial charge on any atom is 0.250 e. The number of thioether (sulfide) groups is 1. The van der Waals surface area contributed by atoms with E-state index in [1.165, 1.54) is 12.1 Å². The molecule has 0 saturated carbocycles. The molecule has 0 bridgehead atoms. The van der Waals surface area contributed by atoms with Crippen molar-refractivity contribution >= 4 is 29.1 Å². The Morgan fingerprint density at radius 2 is 1.89 bits per heavy atom. The molecule has 2 saturated heterocycles. The van der Waals surface area contributed by atoms with Crippen LogP contribution in [0.4, 0.5) is 10.1 Å². The first-order valence-corrected chi connectivity index (χ1v) is 12.7. The van der Waals surface area contributed by atoms with Gasteiger partial charge in [0.15, 0.2) is 17.3 Å². The van der Waals surface area contributed by atoms with Gasteiger partial charge in [-0.05, 0) is 42.0 Å². The van der Waals surface area contributed by atoms with Gasteiger partial charge >= 0.3 is 0 Å². The van der Waals surface area contributed by atoms with Gasteiger partial charge in [-0.25, -0.2) is 4.39 Å². The fraction of sp³-hybridized carbons (Fsp3) is 0.259. The predicted octanol–water partition coefficient (Wildman–Crippen LogP) is 4.37. The van der Waals surface area contributed by atoms with Crippen LogP contribution in [0.3, 0.4) is 0 Å². The van der Waals surface area contributed by atoms with Gasteiger partial charge in [-0.15, -0.1) is 11.8 Å². The van der Waals surface area contributed by atoms with Crippen LogP contribution in [0.5, 0.6) is 11.5 Å². The highest BCUT2D eigenvalue weighted by Gasteiger charge is 2.69. The van der Waals surface area contributed by atoms with Crippen molar-refractivity contribution in [3.8, 4) is 11.5 Å². The molecule has 0 radical (unpaired) electrons. The highest BCUT2D eigenvalue weighted by Crippen LogP contribution is 2.61. The summed E-state index contributed by atoms with van der Waals surface area (Å²) in [6.45, 7) is 0.106. The van der Waals surface area contributed by atoms with Gasteiger partial charge < -0.3 is 14.8 Å². The average molecular weight is 489 g/mol. The number of rotatable bonds is 3. The molecule has 1 amide bonds. The van der Waals surface area contributed by atoms with E-state index in [4.69, 9.17) is 9.47 Å². The Bertz CT molecular complexity index is 1380. The van der Waals surface area contributed by atoms with Crippen LogP contribution in [0.1, 0.15) is 27.4 Å². The number of carbonyl (C=O) groups is 2. The number of hydrogen-bond acceptors (Lipinski definition) is 6. The monoisotopic (exact) mass is 488 g/mol. The van der Waals surface area contributed by atoms with Crippen molar-refractivity contribution in [2.24, 2.45) is 5.92 Å². The second kappa shape index (κ2) is 7.57. The zero-order valence-corrected chi connectivity index (χ0v) is 19.4. The first kappa shape index (κ1) is 21.0. The smallest absolute Gasteiger partial charge is 0.250 e. The van der Waals surface area contributed by atoms with E-state index in [0.29, 0.717) is 34.2 Å². The first-order valence-electron chi connectivity index (χ1n) is 11.5. The molecule has 0 aliphatic carbocycles. The number of halogens is 1. The van der Waals surface area contributed by atoms with Gasteiger partial charge in [0.1, 0.15) is 11.4 Å². The summed E-state index contributed by atoms with van der Waals surface area (Å²) in [5.74, 6) is 0.602. The summed E-state index contributed by atoms with van der Waals surface area (Å²) in [5.41, 5.74) is 1.24. The van der Waals surface area contributed by atoms with Crippen molar-refractivity contribution in [1.82, 2.24) is 4.90 Å². The SMILES string of the molecule is O=C(c1ccc2c(c1)OCO2)[C@@H]1[C@H](c2ccccc2)[C@H]2CSCN2[C@]12C(=O)Nc1ccc(F)cc12. The molecule has 4 atom stereocenters. The summed E-state index contributed by atoms with van der Waals surface area (Å²) in [5, 5.41) is 2.97. The standard InChI is InChI=1S/C27H21FN2O4S/c28-17-7-8-19-18(11-17)27(26(32)29-19)24(25(31)16-6-9-21-22(10-16)34-14-33-21)23(15-4-2-1-3-5-15)20-12-35-13-30(20)27/h1-11,20,23-24H,12-14H2,(H,29,32)/t20-,23-,24+,27+/m1/s1. The van der Waals surface area contributed by atoms with Crippen molar-refractivity contribution in [3.05, 3.63) is 89.2 Å². The maximum atomic E-state index is 14.6. The number of benzene rings is 3.